The van der Waals surface area contributed by atoms with Crippen LogP contribution in [-0.2, 0) is 0 Å². The van der Waals surface area contributed by atoms with Crippen LogP contribution in [0, 0.1) is 13.8 Å². The van der Waals surface area contributed by atoms with Crippen molar-refractivity contribution in [2.24, 2.45) is 0 Å². The Bertz CT molecular complexity index is 176. The number of hydrogen-bond acceptors (Lipinski definition) is 2. The Labute approximate surface area is 71.1 Å². The third-order valence-corrected chi connectivity index (χ3v) is 2.21. The zero-order valence-corrected chi connectivity index (χ0v) is 8.31. The minimum Gasteiger partial charge on any atom is -0.230 e. The molecule has 0 atom stereocenters. The Morgan fingerprint density at radius 2 is 1.80 bits per heavy atom. The molecule has 1 rings (SSSR count). The number of rotatable bonds is 0. The lowest BCUT2D eigenvalue weighted by molar-refractivity contribution is 1.28. The lowest BCUT2D eigenvalue weighted by Gasteiger charge is -1.74. The molecule has 1 nitrogen and oxygen atoms in total. The van der Waals surface area contributed by atoms with E-state index < -0.39 is 0 Å². The summed E-state index contributed by atoms with van der Waals surface area (Å²) < 4.78 is 0. The number of aryl methyl sites for hydroxylation is 2. The number of thiazole rings is 1. The van der Waals surface area contributed by atoms with Crippen molar-refractivity contribution in [3.63, 3.8) is 0 Å². The van der Waals surface area contributed by atoms with Crippen molar-refractivity contribution in [1.29, 1.82) is 0 Å². The molecule has 0 aliphatic heterocycles. The quantitative estimate of drug-likeness (QED) is 0.592. The van der Waals surface area contributed by atoms with Crippen LogP contribution in [0.2, 0.25) is 5.15 Å². The average molecular weight is 178 g/mol. The number of aromatic nitrogens is 1. The van der Waals surface area contributed by atoms with Gasteiger partial charge in [-0.1, -0.05) is 25.4 Å². The second-order valence-corrected chi connectivity index (χ2v) is 3.35. The monoisotopic (exact) mass is 177 g/mol. The molecule has 0 aliphatic carbocycles. The van der Waals surface area contributed by atoms with Crippen molar-refractivity contribution in [3.8, 4) is 0 Å². The Balaban J connectivity index is 0.000000371. The van der Waals surface area contributed by atoms with Crippen molar-refractivity contribution < 1.29 is 0 Å². The van der Waals surface area contributed by atoms with Crippen LogP contribution in [0.3, 0.4) is 0 Å². The van der Waals surface area contributed by atoms with Gasteiger partial charge >= 0.3 is 0 Å². The average Bonchev–Trinajstić information content (AvgIpc) is 2.16. The maximum Gasteiger partial charge on any atom is 0.143 e. The molecular formula is C7H12ClNS. The van der Waals surface area contributed by atoms with Crippen LogP contribution in [0.15, 0.2) is 0 Å². The van der Waals surface area contributed by atoms with E-state index in [0.717, 1.165) is 9.88 Å². The first-order valence-electron chi connectivity index (χ1n) is 3.29. The Kier molecular flexibility index (Phi) is 4.65. The number of hydrogen-bond donors (Lipinski definition) is 0. The third kappa shape index (κ3) is 2.67. The van der Waals surface area contributed by atoms with Gasteiger partial charge in [0, 0.05) is 4.88 Å². The van der Waals surface area contributed by atoms with E-state index in [2.05, 4.69) is 4.98 Å². The summed E-state index contributed by atoms with van der Waals surface area (Å²) in [7, 11) is 0. The zero-order chi connectivity index (χ0) is 8.15. The van der Waals surface area contributed by atoms with E-state index in [0.29, 0.717) is 5.15 Å². The van der Waals surface area contributed by atoms with Gasteiger partial charge in [0.2, 0.25) is 0 Å². The Hall–Kier alpha value is -0.0800. The van der Waals surface area contributed by atoms with Gasteiger partial charge in [0.05, 0.1) is 5.01 Å². The molecule has 10 heavy (non-hydrogen) atoms. The van der Waals surface area contributed by atoms with Crippen LogP contribution < -0.4 is 0 Å². The molecule has 0 fully saturated rings. The van der Waals surface area contributed by atoms with Crippen LogP contribution in [0.4, 0.5) is 0 Å². The van der Waals surface area contributed by atoms with Crippen LogP contribution in [0.5, 0.6) is 0 Å². The second kappa shape index (κ2) is 4.69. The lowest BCUT2D eigenvalue weighted by Crippen LogP contribution is -1.63. The van der Waals surface area contributed by atoms with Gasteiger partial charge in [-0.05, 0) is 13.8 Å². The summed E-state index contributed by atoms with van der Waals surface area (Å²) in [6.45, 7) is 7.91. The van der Waals surface area contributed by atoms with Crippen LogP contribution in [0.1, 0.15) is 23.7 Å². The van der Waals surface area contributed by atoms with Crippen LogP contribution in [0.25, 0.3) is 0 Å². The highest BCUT2D eigenvalue weighted by atomic mass is 35.5. The fourth-order valence-electron chi connectivity index (χ4n) is 0.503. The fraction of sp³-hybridized carbons (Fsp3) is 0.571. The summed E-state index contributed by atoms with van der Waals surface area (Å²) in [6.07, 6.45) is 0. The van der Waals surface area contributed by atoms with Gasteiger partial charge in [0.15, 0.2) is 0 Å². The molecular weight excluding hydrogens is 166 g/mol. The fourth-order valence-corrected chi connectivity index (χ4v) is 1.51. The van der Waals surface area contributed by atoms with Gasteiger partial charge in [0.1, 0.15) is 5.15 Å². The maximum absolute atomic E-state index is 5.63. The highest BCUT2D eigenvalue weighted by Gasteiger charge is 1.98. The summed E-state index contributed by atoms with van der Waals surface area (Å²) in [5, 5.41) is 1.68. The van der Waals surface area contributed by atoms with Gasteiger partial charge in [0.25, 0.3) is 0 Å². The molecule has 0 radical (unpaired) electrons. The summed E-state index contributed by atoms with van der Waals surface area (Å²) in [6, 6.07) is 0. The lowest BCUT2D eigenvalue weighted by atomic mass is 10.6. The summed E-state index contributed by atoms with van der Waals surface area (Å²) in [4.78, 5) is 5.10. The van der Waals surface area contributed by atoms with Crippen molar-refractivity contribution in [2.75, 3.05) is 0 Å². The summed E-state index contributed by atoms with van der Waals surface area (Å²) in [5.74, 6) is 0. The predicted octanol–water partition coefficient (Wildman–Crippen LogP) is 3.44. The van der Waals surface area contributed by atoms with E-state index in [4.69, 9.17) is 11.6 Å². The SMILES string of the molecule is CC.Cc1nc(Cl)c(C)s1. The van der Waals surface area contributed by atoms with Crippen LogP contribution >= 0.6 is 22.9 Å². The number of halogens is 1. The first-order chi connectivity index (χ1) is 4.70. The standard InChI is InChI=1S/C5H6ClNS.C2H6/c1-3-5(6)7-4(2)8-3;1-2/h1-2H3;1-2H3. The largest absolute Gasteiger partial charge is 0.230 e. The van der Waals surface area contributed by atoms with Gasteiger partial charge < -0.3 is 0 Å². The molecule has 0 unspecified atom stereocenters. The smallest absolute Gasteiger partial charge is 0.143 e. The third-order valence-electron chi connectivity index (χ3n) is 0.847. The van der Waals surface area contributed by atoms with E-state index in [1.807, 2.05) is 27.7 Å². The zero-order valence-electron chi connectivity index (χ0n) is 6.73. The van der Waals surface area contributed by atoms with Crippen molar-refractivity contribution in [3.05, 3.63) is 15.0 Å². The Morgan fingerprint density at radius 3 is 1.90 bits per heavy atom. The minimum atomic E-state index is 0.646. The molecule has 0 amide bonds. The first-order valence-corrected chi connectivity index (χ1v) is 4.49. The van der Waals surface area contributed by atoms with Gasteiger partial charge in [-0.15, -0.1) is 11.3 Å². The minimum absolute atomic E-state index is 0.646. The van der Waals surface area contributed by atoms with E-state index in [-0.39, 0.29) is 0 Å². The van der Waals surface area contributed by atoms with E-state index in [1.165, 1.54) is 0 Å². The van der Waals surface area contributed by atoms with Crippen molar-refractivity contribution in [1.82, 2.24) is 4.98 Å². The molecule has 0 aromatic carbocycles. The molecule has 3 heteroatoms. The van der Waals surface area contributed by atoms with E-state index in [9.17, 15) is 0 Å². The van der Waals surface area contributed by atoms with Gasteiger partial charge in [-0.2, -0.15) is 0 Å². The highest BCUT2D eigenvalue weighted by molar-refractivity contribution is 7.12. The van der Waals surface area contributed by atoms with E-state index >= 15 is 0 Å². The first kappa shape index (κ1) is 9.92. The molecule has 0 spiro atoms. The molecule has 0 bridgehead atoms. The van der Waals surface area contributed by atoms with Crippen molar-refractivity contribution in [2.45, 2.75) is 27.7 Å². The normalized spacial score (nSPS) is 8.50. The molecule has 0 N–H and O–H groups in total. The molecule has 0 saturated carbocycles. The van der Waals surface area contributed by atoms with E-state index in [1.54, 1.807) is 11.3 Å². The molecule has 0 aliphatic rings. The predicted molar refractivity (Wildman–Crippen MR) is 47.9 cm³/mol. The molecule has 0 saturated heterocycles. The molecule has 1 heterocycles. The van der Waals surface area contributed by atoms with Crippen molar-refractivity contribution >= 4 is 22.9 Å². The Morgan fingerprint density at radius 1 is 1.30 bits per heavy atom. The van der Waals surface area contributed by atoms with Gasteiger partial charge in [-0.25, -0.2) is 4.98 Å². The summed E-state index contributed by atoms with van der Waals surface area (Å²) >= 11 is 7.25. The van der Waals surface area contributed by atoms with Gasteiger partial charge in [-0.3, -0.25) is 0 Å². The van der Waals surface area contributed by atoms with Crippen LogP contribution in [-0.4, -0.2) is 4.98 Å². The number of nitrogens with zero attached hydrogens (tertiary/aromatic N) is 1. The topological polar surface area (TPSA) is 12.9 Å². The maximum atomic E-state index is 5.63. The molecule has 1 aromatic heterocycles. The second-order valence-electron chi connectivity index (χ2n) is 1.58. The summed E-state index contributed by atoms with van der Waals surface area (Å²) in [5.41, 5.74) is 0. The molecule has 58 valence electrons. The highest BCUT2D eigenvalue weighted by Crippen LogP contribution is 2.19. The molecule has 1 aromatic rings.